The van der Waals surface area contributed by atoms with E-state index in [1.165, 1.54) is 16.6 Å². The predicted molar refractivity (Wildman–Crippen MR) is 57.8 cm³/mol. The van der Waals surface area contributed by atoms with E-state index >= 15 is 0 Å². The van der Waals surface area contributed by atoms with Gasteiger partial charge in [-0.05, 0) is 24.4 Å². The second kappa shape index (κ2) is 4.59. The summed E-state index contributed by atoms with van der Waals surface area (Å²) in [4.78, 5) is 0. The Morgan fingerprint density at radius 2 is 1.56 bits per heavy atom. The van der Waals surface area contributed by atoms with Gasteiger partial charge in [-0.1, -0.05) is 18.2 Å². The fourth-order valence-electron chi connectivity index (χ4n) is 1.43. The highest BCUT2D eigenvalue weighted by Crippen LogP contribution is 2.16. The number of hydrogen-bond acceptors (Lipinski definition) is 0. The van der Waals surface area contributed by atoms with Crippen molar-refractivity contribution < 1.29 is 17.3 Å². The summed E-state index contributed by atoms with van der Waals surface area (Å²) in [7, 11) is -3.91. The Balaban J connectivity index is 0.000000221. The normalized spacial score (nSPS) is 11.1. The highest BCUT2D eigenvalue weighted by atomic mass is 19.5. The predicted octanol–water partition coefficient (Wildman–Crippen LogP) is 3.79. The van der Waals surface area contributed by atoms with Crippen LogP contribution < -0.4 is 0 Å². The molecule has 2 aromatic rings. The van der Waals surface area contributed by atoms with Gasteiger partial charge in [0, 0.05) is 18.3 Å². The van der Waals surface area contributed by atoms with Crippen molar-refractivity contribution in [1.29, 1.82) is 0 Å². The van der Waals surface area contributed by atoms with E-state index in [1.54, 1.807) is 0 Å². The number of rotatable bonds is 0. The van der Waals surface area contributed by atoms with E-state index < -0.39 is 7.25 Å². The molecule has 0 fully saturated rings. The standard InChI is InChI=1S/C10H11N.BF4/c1-8-7-9-5-3-4-6-10(9)11(8)2;2-1(3,4)5/h3-7H,1-2H3;/q;-1. The minimum atomic E-state index is -6.00. The zero-order valence-electron chi connectivity index (χ0n) is 8.92. The molecule has 6 heteroatoms. The lowest BCUT2D eigenvalue weighted by Gasteiger charge is -1.96. The van der Waals surface area contributed by atoms with Gasteiger partial charge in [-0.25, -0.2) is 0 Å². The van der Waals surface area contributed by atoms with Gasteiger partial charge in [0.1, 0.15) is 0 Å². The molecule has 0 radical (unpaired) electrons. The second-order valence-electron chi connectivity index (χ2n) is 3.40. The first-order valence-electron chi connectivity index (χ1n) is 4.67. The smallest absolute Gasteiger partial charge is 0.418 e. The summed E-state index contributed by atoms with van der Waals surface area (Å²) in [6.45, 7) is 2.12. The Hall–Kier alpha value is -1.46. The van der Waals surface area contributed by atoms with Gasteiger partial charge in [0.15, 0.2) is 0 Å². The average Bonchev–Trinajstić information content (AvgIpc) is 2.41. The Labute approximate surface area is 90.8 Å². The van der Waals surface area contributed by atoms with Crippen LogP contribution in [-0.4, -0.2) is 11.8 Å². The molecule has 0 amide bonds. The van der Waals surface area contributed by atoms with Gasteiger partial charge in [0.2, 0.25) is 0 Å². The molecular formula is C10H11BF4N-. The molecule has 0 bridgehead atoms. The highest BCUT2D eigenvalue weighted by Gasteiger charge is 2.20. The van der Waals surface area contributed by atoms with Crippen LogP contribution in [0.25, 0.3) is 10.9 Å². The molecule has 16 heavy (non-hydrogen) atoms. The molecule has 0 spiro atoms. The topological polar surface area (TPSA) is 4.93 Å². The molecule has 0 saturated carbocycles. The number of aryl methyl sites for hydroxylation is 2. The van der Waals surface area contributed by atoms with Crippen LogP contribution >= 0.6 is 0 Å². The van der Waals surface area contributed by atoms with Gasteiger partial charge in [0.05, 0.1) is 0 Å². The number of para-hydroxylation sites is 1. The van der Waals surface area contributed by atoms with Gasteiger partial charge < -0.3 is 21.8 Å². The number of benzene rings is 1. The summed E-state index contributed by atoms with van der Waals surface area (Å²) in [5.74, 6) is 0. The van der Waals surface area contributed by atoms with Crippen LogP contribution in [0.2, 0.25) is 0 Å². The monoisotopic (exact) mass is 232 g/mol. The molecule has 0 aliphatic heterocycles. The Bertz CT molecular complexity index is 469. The van der Waals surface area contributed by atoms with Crippen LogP contribution in [0.5, 0.6) is 0 Å². The lowest BCUT2D eigenvalue weighted by molar-refractivity contribution is 0.368. The van der Waals surface area contributed by atoms with Gasteiger partial charge in [-0.2, -0.15) is 0 Å². The highest BCUT2D eigenvalue weighted by molar-refractivity contribution is 6.50. The largest absolute Gasteiger partial charge is 0.673 e. The maximum Gasteiger partial charge on any atom is 0.673 e. The third-order valence-electron chi connectivity index (χ3n) is 2.19. The van der Waals surface area contributed by atoms with Crippen molar-refractivity contribution in [3.8, 4) is 0 Å². The van der Waals surface area contributed by atoms with Crippen molar-refractivity contribution in [2.75, 3.05) is 0 Å². The summed E-state index contributed by atoms with van der Waals surface area (Å²) in [5.41, 5.74) is 2.62. The van der Waals surface area contributed by atoms with Crippen molar-refractivity contribution >= 4 is 18.2 Å². The summed E-state index contributed by atoms with van der Waals surface area (Å²) in [5, 5.41) is 1.33. The number of fused-ring (bicyclic) bond motifs is 1. The molecule has 1 heterocycles. The summed E-state index contributed by atoms with van der Waals surface area (Å²) in [6, 6.07) is 10.6. The first-order chi connectivity index (χ1) is 7.29. The van der Waals surface area contributed by atoms with Gasteiger partial charge in [-0.15, -0.1) is 0 Å². The van der Waals surface area contributed by atoms with Crippen LogP contribution in [0.4, 0.5) is 17.3 Å². The zero-order valence-corrected chi connectivity index (χ0v) is 8.92. The summed E-state index contributed by atoms with van der Waals surface area (Å²) in [6.07, 6.45) is 0. The number of aromatic nitrogens is 1. The number of halogens is 4. The first kappa shape index (κ1) is 12.6. The van der Waals surface area contributed by atoms with Crippen molar-refractivity contribution in [3.63, 3.8) is 0 Å². The minimum Gasteiger partial charge on any atom is -0.418 e. The molecule has 0 unspecified atom stereocenters. The van der Waals surface area contributed by atoms with Crippen LogP contribution in [0, 0.1) is 6.92 Å². The Kier molecular flexibility index (Phi) is 3.62. The van der Waals surface area contributed by atoms with Crippen molar-refractivity contribution in [2.24, 2.45) is 7.05 Å². The van der Waals surface area contributed by atoms with Crippen molar-refractivity contribution in [2.45, 2.75) is 6.92 Å². The van der Waals surface area contributed by atoms with Crippen molar-refractivity contribution in [1.82, 2.24) is 4.57 Å². The van der Waals surface area contributed by atoms with E-state index in [9.17, 15) is 17.3 Å². The molecule has 2 rings (SSSR count). The van der Waals surface area contributed by atoms with Crippen LogP contribution in [0.15, 0.2) is 30.3 Å². The first-order valence-corrected chi connectivity index (χ1v) is 4.67. The fraction of sp³-hybridized carbons (Fsp3) is 0.200. The van der Waals surface area contributed by atoms with Crippen LogP contribution in [0.3, 0.4) is 0 Å². The van der Waals surface area contributed by atoms with Gasteiger partial charge >= 0.3 is 7.25 Å². The van der Waals surface area contributed by atoms with E-state index in [4.69, 9.17) is 0 Å². The third kappa shape index (κ3) is 3.60. The van der Waals surface area contributed by atoms with Crippen LogP contribution in [-0.2, 0) is 7.05 Å². The lowest BCUT2D eigenvalue weighted by Crippen LogP contribution is -2.02. The maximum absolute atomic E-state index is 9.75. The zero-order chi connectivity index (χ0) is 12.3. The quantitative estimate of drug-likeness (QED) is 0.481. The van der Waals surface area contributed by atoms with E-state index in [0.717, 1.165) is 0 Å². The minimum absolute atomic E-state index is 1.31. The Morgan fingerprint density at radius 1 is 1.06 bits per heavy atom. The van der Waals surface area contributed by atoms with Crippen LogP contribution in [0.1, 0.15) is 5.69 Å². The fourth-order valence-corrected chi connectivity index (χ4v) is 1.43. The molecule has 0 saturated heterocycles. The summed E-state index contributed by atoms with van der Waals surface area (Å²) < 4.78 is 41.2. The van der Waals surface area contributed by atoms with E-state index in [1.807, 2.05) is 0 Å². The molecule has 0 aliphatic carbocycles. The van der Waals surface area contributed by atoms with E-state index in [2.05, 4.69) is 48.9 Å². The molecule has 1 aromatic heterocycles. The lowest BCUT2D eigenvalue weighted by atomic mass is 10.2. The van der Waals surface area contributed by atoms with Gasteiger partial charge in [0.25, 0.3) is 0 Å². The second-order valence-corrected chi connectivity index (χ2v) is 3.40. The van der Waals surface area contributed by atoms with E-state index in [-0.39, 0.29) is 0 Å². The molecule has 0 atom stereocenters. The summed E-state index contributed by atoms with van der Waals surface area (Å²) >= 11 is 0. The molecule has 0 N–H and O–H groups in total. The molecular weight excluding hydrogens is 221 g/mol. The molecule has 1 nitrogen and oxygen atoms in total. The molecule has 88 valence electrons. The number of hydrogen-bond donors (Lipinski definition) is 0. The third-order valence-corrected chi connectivity index (χ3v) is 2.19. The maximum atomic E-state index is 9.75. The van der Waals surface area contributed by atoms with Crippen molar-refractivity contribution in [3.05, 3.63) is 36.0 Å². The Morgan fingerprint density at radius 3 is 2.06 bits per heavy atom. The average molecular weight is 232 g/mol. The van der Waals surface area contributed by atoms with Gasteiger partial charge in [-0.3, -0.25) is 0 Å². The molecule has 1 aromatic carbocycles. The van der Waals surface area contributed by atoms with E-state index in [0.29, 0.717) is 0 Å². The SMILES string of the molecule is Cc1cc2ccccc2n1C.F[B-](F)(F)F. The molecule has 0 aliphatic rings. The number of nitrogens with zero attached hydrogens (tertiary/aromatic N) is 1.